The summed E-state index contributed by atoms with van der Waals surface area (Å²) < 4.78 is 16.2. The number of aryl methyl sites for hydroxylation is 1. The SMILES string of the molecule is COc1cccc2cc(-c3ccc4c(=O)oc5ccc(C)cc5c4n3)c(=O)oc12. The van der Waals surface area contributed by atoms with E-state index in [1.165, 1.54) is 7.11 Å². The van der Waals surface area contributed by atoms with E-state index in [-0.39, 0.29) is 0 Å². The van der Waals surface area contributed by atoms with E-state index in [1.54, 1.807) is 30.3 Å². The summed E-state index contributed by atoms with van der Waals surface area (Å²) in [5.74, 6) is 0.483. The first kappa shape index (κ1) is 17.2. The van der Waals surface area contributed by atoms with Gasteiger partial charge in [-0.1, -0.05) is 23.8 Å². The third-order valence-corrected chi connectivity index (χ3v) is 4.93. The van der Waals surface area contributed by atoms with Crippen LogP contribution in [0, 0.1) is 6.92 Å². The molecule has 0 atom stereocenters. The molecule has 3 heterocycles. The minimum Gasteiger partial charge on any atom is -0.493 e. The number of benzene rings is 2. The molecule has 0 N–H and O–H groups in total. The molecule has 2 aromatic carbocycles. The zero-order chi connectivity index (χ0) is 20.1. The van der Waals surface area contributed by atoms with Crippen molar-refractivity contribution < 1.29 is 13.6 Å². The Bertz CT molecular complexity index is 1550. The van der Waals surface area contributed by atoms with Gasteiger partial charge < -0.3 is 13.6 Å². The van der Waals surface area contributed by atoms with Gasteiger partial charge in [-0.05, 0) is 43.3 Å². The maximum Gasteiger partial charge on any atom is 0.345 e. The summed E-state index contributed by atoms with van der Waals surface area (Å²) in [4.78, 5) is 29.7. The number of methoxy groups -OCH3 is 1. The highest BCUT2D eigenvalue weighted by atomic mass is 16.5. The molecule has 0 aliphatic carbocycles. The highest BCUT2D eigenvalue weighted by Crippen LogP contribution is 2.29. The van der Waals surface area contributed by atoms with E-state index in [9.17, 15) is 9.59 Å². The van der Waals surface area contributed by atoms with Gasteiger partial charge in [0.2, 0.25) is 0 Å². The Morgan fingerprint density at radius 2 is 1.76 bits per heavy atom. The van der Waals surface area contributed by atoms with Crippen LogP contribution in [-0.4, -0.2) is 12.1 Å². The van der Waals surface area contributed by atoms with Crippen LogP contribution in [0.2, 0.25) is 0 Å². The fourth-order valence-electron chi connectivity index (χ4n) is 3.51. The maximum absolute atomic E-state index is 12.7. The summed E-state index contributed by atoms with van der Waals surface area (Å²) in [6.45, 7) is 1.95. The highest BCUT2D eigenvalue weighted by molar-refractivity contribution is 6.02. The lowest BCUT2D eigenvalue weighted by Gasteiger charge is -2.07. The molecule has 5 aromatic rings. The number of fused-ring (bicyclic) bond motifs is 4. The van der Waals surface area contributed by atoms with E-state index in [1.807, 2.05) is 31.2 Å². The third-order valence-electron chi connectivity index (χ3n) is 4.93. The quantitative estimate of drug-likeness (QED) is 0.330. The fraction of sp³-hybridized carbons (Fsp3) is 0.0870. The molecule has 0 amide bonds. The van der Waals surface area contributed by atoms with E-state index in [0.29, 0.717) is 49.8 Å². The van der Waals surface area contributed by atoms with E-state index >= 15 is 0 Å². The van der Waals surface area contributed by atoms with Crippen molar-refractivity contribution in [3.8, 4) is 17.0 Å². The molecule has 6 heteroatoms. The standard InChI is InChI=1S/C23H15NO5/c1-12-6-9-18-16(10-12)20-14(22(25)28-18)7-8-17(24-20)15-11-13-4-3-5-19(27-2)21(13)29-23(15)26/h3-11H,1-2H3. The third kappa shape index (κ3) is 2.69. The Morgan fingerprint density at radius 3 is 2.59 bits per heavy atom. The number of para-hydroxylation sites is 1. The second kappa shape index (κ2) is 6.31. The normalized spacial score (nSPS) is 11.4. The van der Waals surface area contributed by atoms with E-state index in [4.69, 9.17) is 13.6 Å². The predicted octanol–water partition coefficient (Wildman–Crippen LogP) is 4.43. The van der Waals surface area contributed by atoms with Crippen LogP contribution in [-0.2, 0) is 0 Å². The van der Waals surface area contributed by atoms with Gasteiger partial charge in [0.1, 0.15) is 5.58 Å². The number of ether oxygens (including phenoxy) is 1. The van der Waals surface area contributed by atoms with Crippen LogP contribution in [0.3, 0.4) is 0 Å². The maximum atomic E-state index is 12.7. The van der Waals surface area contributed by atoms with E-state index in [0.717, 1.165) is 5.56 Å². The number of hydrogen-bond acceptors (Lipinski definition) is 6. The molecular weight excluding hydrogens is 370 g/mol. The second-order valence-corrected chi connectivity index (χ2v) is 6.81. The first-order chi connectivity index (χ1) is 14.0. The molecule has 0 spiro atoms. The fourth-order valence-corrected chi connectivity index (χ4v) is 3.51. The van der Waals surface area contributed by atoms with Crippen LogP contribution in [0.4, 0.5) is 0 Å². The Kier molecular flexibility index (Phi) is 3.74. The molecule has 142 valence electrons. The Morgan fingerprint density at radius 1 is 0.897 bits per heavy atom. The molecule has 0 saturated heterocycles. The Balaban J connectivity index is 1.83. The molecule has 5 rings (SSSR count). The molecule has 0 saturated carbocycles. The van der Waals surface area contributed by atoms with Crippen molar-refractivity contribution in [2.75, 3.05) is 7.11 Å². The lowest BCUT2D eigenvalue weighted by molar-refractivity contribution is 0.407. The predicted molar refractivity (Wildman–Crippen MR) is 111 cm³/mol. The number of rotatable bonds is 2. The van der Waals surface area contributed by atoms with Gasteiger partial charge in [-0.15, -0.1) is 0 Å². The van der Waals surface area contributed by atoms with Crippen molar-refractivity contribution in [2.45, 2.75) is 6.92 Å². The van der Waals surface area contributed by atoms with Crippen LogP contribution < -0.4 is 16.0 Å². The average molecular weight is 385 g/mol. The van der Waals surface area contributed by atoms with Crippen molar-refractivity contribution in [3.63, 3.8) is 0 Å². The van der Waals surface area contributed by atoms with E-state index in [2.05, 4.69) is 4.98 Å². The minimum atomic E-state index is -0.530. The Labute approximate surface area is 164 Å². The van der Waals surface area contributed by atoms with Crippen molar-refractivity contribution in [3.05, 3.63) is 81.0 Å². The van der Waals surface area contributed by atoms with Crippen molar-refractivity contribution in [2.24, 2.45) is 0 Å². The van der Waals surface area contributed by atoms with Gasteiger partial charge in [0.25, 0.3) is 0 Å². The summed E-state index contributed by atoms with van der Waals surface area (Å²) >= 11 is 0. The topological polar surface area (TPSA) is 82.5 Å². The number of hydrogen-bond donors (Lipinski definition) is 0. The zero-order valence-corrected chi connectivity index (χ0v) is 15.7. The minimum absolute atomic E-state index is 0.307. The van der Waals surface area contributed by atoms with Crippen LogP contribution in [0.15, 0.2) is 73.0 Å². The second-order valence-electron chi connectivity index (χ2n) is 6.81. The van der Waals surface area contributed by atoms with Crippen molar-refractivity contribution >= 4 is 32.8 Å². The summed E-state index contributed by atoms with van der Waals surface area (Å²) in [5, 5.41) is 1.79. The molecule has 0 fully saturated rings. The molecule has 0 unspecified atom stereocenters. The van der Waals surface area contributed by atoms with Crippen molar-refractivity contribution in [1.82, 2.24) is 4.98 Å². The molecule has 3 aromatic heterocycles. The van der Waals surface area contributed by atoms with Gasteiger partial charge in [0.05, 0.1) is 29.3 Å². The van der Waals surface area contributed by atoms with Gasteiger partial charge in [0.15, 0.2) is 11.3 Å². The Hall–Kier alpha value is -3.93. The molecule has 0 bridgehead atoms. The largest absolute Gasteiger partial charge is 0.493 e. The van der Waals surface area contributed by atoms with Gasteiger partial charge in [-0.3, -0.25) is 0 Å². The van der Waals surface area contributed by atoms with Crippen molar-refractivity contribution in [1.29, 1.82) is 0 Å². The molecule has 0 radical (unpaired) electrons. The lowest BCUT2D eigenvalue weighted by atomic mass is 10.1. The first-order valence-corrected chi connectivity index (χ1v) is 9.00. The number of pyridine rings is 1. The molecule has 0 aliphatic rings. The first-order valence-electron chi connectivity index (χ1n) is 9.00. The van der Waals surface area contributed by atoms with Crippen LogP contribution in [0.5, 0.6) is 5.75 Å². The van der Waals surface area contributed by atoms with E-state index < -0.39 is 11.3 Å². The van der Waals surface area contributed by atoms with Crippen LogP contribution in [0.1, 0.15) is 5.56 Å². The molecule has 6 nitrogen and oxygen atoms in total. The monoisotopic (exact) mass is 385 g/mol. The summed E-state index contributed by atoms with van der Waals surface area (Å²) in [7, 11) is 1.52. The summed E-state index contributed by atoms with van der Waals surface area (Å²) in [6, 6.07) is 15.9. The summed E-state index contributed by atoms with van der Waals surface area (Å²) in [6.07, 6.45) is 0. The van der Waals surface area contributed by atoms with Crippen LogP contribution >= 0.6 is 0 Å². The number of nitrogens with zero attached hydrogens (tertiary/aromatic N) is 1. The molecular formula is C23H15NO5. The summed E-state index contributed by atoms with van der Waals surface area (Å²) in [5.41, 5.74) is 2.06. The molecule has 29 heavy (non-hydrogen) atoms. The average Bonchev–Trinajstić information content (AvgIpc) is 2.73. The highest BCUT2D eigenvalue weighted by Gasteiger charge is 2.15. The van der Waals surface area contributed by atoms with Crippen LogP contribution in [0.25, 0.3) is 44.1 Å². The van der Waals surface area contributed by atoms with Gasteiger partial charge >= 0.3 is 11.3 Å². The smallest absolute Gasteiger partial charge is 0.345 e. The van der Waals surface area contributed by atoms with Gasteiger partial charge in [-0.2, -0.15) is 0 Å². The van der Waals surface area contributed by atoms with Gasteiger partial charge in [0, 0.05) is 10.8 Å². The zero-order valence-electron chi connectivity index (χ0n) is 15.7. The molecule has 0 aliphatic heterocycles. The van der Waals surface area contributed by atoms with Gasteiger partial charge in [-0.25, -0.2) is 14.6 Å². The number of aromatic nitrogens is 1. The lowest BCUT2D eigenvalue weighted by Crippen LogP contribution is -2.06.